The number of rotatable bonds is 4. The van der Waals surface area contributed by atoms with Crippen LogP contribution in [0.5, 0.6) is 0 Å². The van der Waals surface area contributed by atoms with Crippen LogP contribution in [0.25, 0.3) is 0 Å². The van der Waals surface area contributed by atoms with Gasteiger partial charge >= 0.3 is 0 Å². The quantitative estimate of drug-likeness (QED) is 0.764. The van der Waals surface area contributed by atoms with Crippen LogP contribution in [0.4, 0.5) is 0 Å². The molecular weight excluding hydrogens is 212 g/mol. The summed E-state index contributed by atoms with van der Waals surface area (Å²) in [5, 5.41) is 0. The Bertz CT molecular complexity index is 200. The lowest BCUT2D eigenvalue weighted by atomic mass is 9.84. The molecule has 100 valence electrons. The van der Waals surface area contributed by atoms with Crippen LogP contribution in [-0.2, 0) is 4.84 Å². The molecule has 1 heterocycles. The number of hydroxylamine groups is 1. The first kappa shape index (κ1) is 13.3. The van der Waals surface area contributed by atoms with Gasteiger partial charge in [0.1, 0.15) is 0 Å². The molecular formula is C14H28N2O. The molecule has 2 atom stereocenters. The van der Waals surface area contributed by atoms with Gasteiger partial charge in [-0.05, 0) is 44.7 Å². The van der Waals surface area contributed by atoms with Crippen LogP contribution < -0.4 is 5.48 Å². The van der Waals surface area contributed by atoms with Crippen molar-refractivity contribution in [3.05, 3.63) is 0 Å². The van der Waals surface area contributed by atoms with Crippen molar-refractivity contribution in [2.75, 3.05) is 26.7 Å². The van der Waals surface area contributed by atoms with Gasteiger partial charge in [0, 0.05) is 12.6 Å². The standard InChI is InChI=1S/C14H28N2O/c1-17-15-14-9-5-4-8-13(14)12-16-10-6-2-3-7-11-16/h13-15H,2-12H2,1H3/t13-,14?/m0/s1. The maximum Gasteiger partial charge on any atom is 0.0572 e. The van der Waals surface area contributed by atoms with Gasteiger partial charge in [0.15, 0.2) is 0 Å². The van der Waals surface area contributed by atoms with E-state index >= 15 is 0 Å². The molecule has 1 aliphatic carbocycles. The van der Waals surface area contributed by atoms with Gasteiger partial charge in [-0.2, -0.15) is 5.48 Å². The van der Waals surface area contributed by atoms with E-state index in [0.717, 1.165) is 5.92 Å². The van der Waals surface area contributed by atoms with Crippen LogP contribution in [0.2, 0.25) is 0 Å². The van der Waals surface area contributed by atoms with Crippen LogP contribution in [0.1, 0.15) is 51.4 Å². The molecule has 2 rings (SSSR count). The molecule has 1 N–H and O–H groups in total. The van der Waals surface area contributed by atoms with Crippen molar-refractivity contribution in [1.82, 2.24) is 10.4 Å². The van der Waals surface area contributed by atoms with E-state index in [1.807, 2.05) is 0 Å². The Morgan fingerprint density at radius 2 is 1.71 bits per heavy atom. The smallest absolute Gasteiger partial charge is 0.0572 e. The van der Waals surface area contributed by atoms with Gasteiger partial charge in [0.2, 0.25) is 0 Å². The van der Waals surface area contributed by atoms with Crippen molar-refractivity contribution in [2.45, 2.75) is 57.4 Å². The molecule has 2 fully saturated rings. The Kier molecular flexibility index (Phi) is 5.75. The van der Waals surface area contributed by atoms with E-state index in [9.17, 15) is 0 Å². The predicted molar refractivity (Wildman–Crippen MR) is 70.8 cm³/mol. The molecule has 0 aromatic heterocycles. The number of hydrogen-bond acceptors (Lipinski definition) is 3. The molecule has 3 heteroatoms. The van der Waals surface area contributed by atoms with Crippen LogP contribution >= 0.6 is 0 Å². The van der Waals surface area contributed by atoms with E-state index < -0.39 is 0 Å². The maximum absolute atomic E-state index is 5.16. The van der Waals surface area contributed by atoms with Crippen LogP contribution in [-0.4, -0.2) is 37.7 Å². The monoisotopic (exact) mass is 240 g/mol. The van der Waals surface area contributed by atoms with Gasteiger partial charge in [0.05, 0.1) is 7.11 Å². The van der Waals surface area contributed by atoms with E-state index in [4.69, 9.17) is 4.84 Å². The lowest BCUT2D eigenvalue weighted by Gasteiger charge is -2.35. The summed E-state index contributed by atoms with van der Waals surface area (Å²) in [6, 6.07) is 0.581. The van der Waals surface area contributed by atoms with Crippen LogP contribution in [0.15, 0.2) is 0 Å². The maximum atomic E-state index is 5.16. The van der Waals surface area contributed by atoms with Crippen molar-refractivity contribution in [3.63, 3.8) is 0 Å². The zero-order valence-electron chi connectivity index (χ0n) is 11.3. The fraction of sp³-hybridized carbons (Fsp3) is 1.00. The summed E-state index contributed by atoms with van der Waals surface area (Å²) in [6.45, 7) is 3.91. The first-order valence-electron chi connectivity index (χ1n) is 7.41. The molecule has 0 bridgehead atoms. The van der Waals surface area contributed by atoms with E-state index in [-0.39, 0.29) is 0 Å². The summed E-state index contributed by atoms with van der Waals surface area (Å²) in [5.41, 5.74) is 3.21. The van der Waals surface area contributed by atoms with E-state index in [0.29, 0.717) is 6.04 Å². The molecule has 0 spiro atoms. The third-order valence-electron chi connectivity index (χ3n) is 4.37. The fourth-order valence-electron chi connectivity index (χ4n) is 3.38. The van der Waals surface area contributed by atoms with Crippen molar-refractivity contribution in [2.24, 2.45) is 5.92 Å². The molecule has 3 nitrogen and oxygen atoms in total. The lowest BCUT2D eigenvalue weighted by Crippen LogP contribution is -2.44. The van der Waals surface area contributed by atoms with Crippen LogP contribution in [0, 0.1) is 5.92 Å². The summed E-state index contributed by atoms with van der Waals surface area (Å²) >= 11 is 0. The second kappa shape index (κ2) is 7.34. The topological polar surface area (TPSA) is 24.5 Å². The Morgan fingerprint density at radius 3 is 2.41 bits per heavy atom. The number of hydrogen-bond donors (Lipinski definition) is 1. The highest BCUT2D eigenvalue weighted by Gasteiger charge is 2.26. The fourth-order valence-corrected chi connectivity index (χ4v) is 3.38. The Morgan fingerprint density at radius 1 is 1.00 bits per heavy atom. The second-order valence-electron chi connectivity index (χ2n) is 5.69. The Labute approximate surface area is 106 Å². The largest absolute Gasteiger partial charge is 0.305 e. The molecule has 0 aromatic carbocycles. The summed E-state index contributed by atoms with van der Waals surface area (Å²) < 4.78 is 0. The van der Waals surface area contributed by atoms with Crippen molar-refractivity contribution in [1.29, 1.82) is 0 Å². The first-order valence-corrected chi connectivity index (χ1v) is 7.41. The zero-order valence-corrected chi connectivity index (χ0v) is 11.3. The minimum Gasteiger partial charge on any atom is -0.305 e. The summed E-state index contributed by atoms with van der Waals surface area (Å²) in [5.74, 6) is 0.793. The highest BCUT2D eigenvalue weighted by molar-refractivity contribution is 4.81. The third kappa shape index (κ3) is 4.23. The van der Waals surface area contributed by atoms with Gasteiger partial charge in [-0.25, -0.2) is 0 Å². The van der Waals surface area contributed by atoms with Crippen LogP contribution in [0.3, 0.4) is 0 Å². The zero-order chi connectivity index (χ0) is 11.9. The molecule has 1 saturated heterocycles. The number of nitrogens with zero attached hydrogens (tertiary/aromatic N) is 1. The van der Waals surface area contributed by atoms with Crippen molar-refractivity contribution in [3.8, 4) is 0 Å². The van der Waals surface area contributed by atoms with E-state index in [1.54, 1.807) is 7.11 Å². The molecule has 0 radical (unpaired) electrons. The second-order valence-corrected chi connectivity index (χ2v) is 5.69. The average Bonchev–Trinajstić information content (AvgIpc) is 2.61. The molecule has 1 saturated carbocycles. The summed E-state index contributed by atoms with van der Waals surface area (Å²) in [4.78, 5) is 7.84. The first-order chi connectivity index (χ1) is 8.40. The van der Waals surface area contributed by atoms with Crippen molar-refractivity contribution >= 4 is 0 Å². The molecule has 17 heavy (non-hydrogen) atoms. The van der Waals surface area contributed by atoms with Crippen molar-refractivity contribution < 1.29 is 4.84 Å². The van der Waals surface area contributed by atoms with E-state index in [1.165, 1.54) is 71.0 Å². The van der Waals surface area contributed by atoms with E-state index in [2.05, 4.69) is 10.4 Å². The molecule has 1 unspecified atom stereocenters. The Hall–Kier alpha value is -0.120. The SMILES string of the molecule is CONC1CCCC[C@H]1CN1CCCCCC1. The molecule has 0 amide bonds. The lowest BCUT2D eigenvalue weighted by molar-refractivity contribution is 0.0191. The molecule has 1 aliphatic heterocycles. The van der Waals surface area contributed by atoms with Gasteiger partial charge < -0.3 is 9.74 Å². The summed E-state index contributed by atoms with van der Waals surface area (Å²) in [7, 11) is 1.75. The predicted octanol–water partition coefficient (Wildman–Crippen LogP) is 2.57. The average molecular weight is 240 g/mol. The van der Waals surface area contributed by atoms with Gasteiger partial charge in [-0.15, -0.1) is 0 Å². The third-order valence-corrected chi connectivity index (χ3v) is 4.37. The number of nitrogens with one attached hydrogen (secondary N) is 1. The molecule has 2 aliphatic rings. The molecule has 0 aromatic rings. The normalized spacial score (nSPS) is 32.3. The van der Waals surface area contributed by atoms with Gasteiger partial charge in [-0.3, -0.25) is 0 Å². The number of likely N-dealkylation sites (tertiary alicyclic amines) is 1. The van der Waals surface area contributed by atoms with Gasteiger partial charge in [0.25, 0.3) is 0 Å². The minimum absolute atomic E-state index is 0.581. The minimum atomic E-state index is 0.581. The highest BCUT2D eigenvalue weighted by atomic mass is 16.6. The highest BCUT2D eigenvalue weighted by Crippen LogP contribution is 2.26. The van der Waals surface area contributed by atoms with Gasteiger partial charge in [-0.1, -0.05) is 25.7 Å². The Balaban J connectivity index is 1.81. The summed E-state index contributed by atoms with van der Waals surface area (Å²) in [6.07, 6.45) is 11.1.